The summed E-state index contributed by atoms with van der Waals surface area (Å²) in [6.07, 6.45) is 7.04. The van der Waals surface area contributed by atoms with Crippen LogP contribution in [0.3, 0.4) is 0 Å². The number of rotatable bonds is 8. The maximum absolute atomic E-state index is 5.30. The van der Waals surface area contributed by atoms with E-state index in [0.717, 1.165) is 32.3 Å². The molecule has 0 aliphatic heterocycles. The van der Waals surface area contributed by atoms with Gasteiger partial charge in [0.25, 0.3) is 0 Å². The molecule has 1 saturated carbocycles. The predicted octanol–water partition coefficient (Wildman–Crippen LogP) is 2.27. The van der Waals surface area contributed by atoms with Crippen LogP contribution in [0.25, 0.3) is 0 Å². The van der Waals surface area contributed by atoms with E-state index in [4.69, 9.17) is 4.74 Å². The van der Waals surface area contributed by atoms with Crippen molar-refractivity contribution in [3.63, 3.8) is 0 Å². The topological polar surface area (TPSA) is 24.5 Å². The summed E-state index contributed by atoms with van der Waals surface area (Å²) in [6.45, 7) is 8.58. The summed E-state index contributed by atoms with van der Waals surface area (Å²) in [6, 6.07) is 1.29. The normalized spacial score (nSPS) is 19.8. The SMILES string of the molecule is CCNC(COC)CN(CC)C1CCCCC1. The van der Waals surface area contributed by atoms with Crippen LogP contribution in [0.2, 0.25) is 0 Å². The van der Waals surface area contributed by atoms with Crippen LogP contribution in [0, 0.1) is 0 Å². The Balaban J connectivity index is 2.41. The lowest BCUT2D eigenvalue weighted by molar-refractivity contribution is 0.107. The van der Waals surface area contributed by atoms with Crippen LogP contribution in [0.15, 0.2) is 0 Å². The van der Waals surface area contributed by atoms with Crippen LogP contribution in [0.5, 0.6) is 0 Å². The Kier molecular flexibility index (Phi) is 7.82. The summed E-state index contributed by atoms with van der Waals surface area (Å²) in [5, 5.41) is 3.52. The second-order valence-electron chi connectivity index (χ2n) is 5.09. The number of nitrogens with one attached hydrogen (secondary N) is 1. The molecule has 1 aliphatic carbocycles. The lowest BCUT2D eigenvalue weighted by atomic mass is 9.94. The Morgan fingerprint density at radius 2 is 1.94 bits per heavy atom. The monoisotopic (exact) mass is 242 g/mol. The molecule has 1 N–H and O–H groups in total. The first-order chi connectivity index (χ1) is 8.31. The van der Waals surface area contributed by atoms with E-state index in [-0.39, 0.29) is 0 Å². The highest BCUT2D eigenvalue weighted by atomic mass is 16.5. The molecule has 1 unspecified atom stereocenters. The van der Waals surface area contributed by atoms with Gasteiger partial charge in [-0.1, -0.05) is 33.1 Å². The smallest absolute Gasteiger partial charge is 0.0628 e. The van der Waals surface area contributed by atoms with E-state index in [1.807, 2.05) is 0 Å². The Morgan fingerprint density at radius 1 is 1.24 bits per heavy atom. The average molecular weight is 242 g/mol. The average Bonchev–Trinajstić information content (AvgIpc) is 2.37. The minimum atomic E-state index is 0.479. The summed E-state index contributed by atoms with van der Waals surface area (Å²) < 4.78 is 5.30. The summed E-state index contributed by atoms with van der Waals surface area (Å²) in [7, 11) is 1.79. The summed E-state index contributed by atoms with van der Waals surface area (Å²) >= 11 is 0. The zero-order valence-corrected chi connectivity index (χ0v) is 11.9. The van der Waals surface area contributed by atoms with E-state index in [2.05, 4.69) is 24.1 Å². The number of methoxy groups -OCH3 is 1. The fourth-order valence-corrected chi connectivity index (χ4v) is 2.93. The molecule has 102 valence electrons. The fraction of sp³-hybridized carbons (Fsp3) is 1.00. The molecule has 1 rings (SSSR count). The number of nitrogens with zero attached hydrogens (tertiary/aromatic N) is 1. The molecule has 0 spiro atoms. The van der Waals surface area contributed by atoms with Gasteiger partial charge in [-0.05, 0) is 25.9 Å². The minimum Gasteiger partial charge on any atom is -0.383 e. The van der Waals surface area contributed by atoms with Crippen molar-refractivity contribution < 1.29 is 4.74 Å². The van der Waals surface area contributed by atoms with E-state index in [0.29, 0.717) is 6.04 Å². The molecule has 0 bridgehead atoms. The van der Waals surface area contributed by atoms with Gasteiger partial charge in [0.2, 0.25) is 0 Å². The van der Waals surface area contributed by atoms with Gasteiger partial charge in [0.15, 0.2) is 0 Å². The van der Waals surface area contributed by atoms with Crippen molar-refractivity contribution in [3.8, 4) is 0 Å². The molecule has 0 radical (unpaired) electrons. The van der Waals surface area contributed by atoms with Crippen molar-refractivity contribution in [1.82, 2.24) is 10.2 Å². The molecule has 0 amide bonds. The van der Waals surface area contributed by atoms with E-state index in [1.165, 1.54) is 32.1 Å². The zero-order valence-electron chi connectivity index (χ0n) is 11.9. The lowest BCUT2D eigenvalue weighted by Gasteiger charge is -2.36. The summed E-state index contributed by atoms with van der Waals surface area (Å²) in [4.78, 5) is 2.64. The Morgan fingerprint density at radius 3 is 2.47 bits per heavy atom. The Hall–Kier alpha value is -0.120. The largest absolute Gasteiger partial charge is 0.383 e. The molecule has 1 atom stereocenters. The minimum absolute atomic E-state index is 0.479. The highest BCUT2D eigenvalue weighted by Crippen LogP contribution is 2.22. The molecule has 0 aromatic carbocycles. The van der Waals surface area contributed by atoms with E-state index >= 15 is 0 Å². The van der Waals surface area contributed by atoms with Gasteiger partial charge in [-0.2, -0.15) is 0 Å². The maximum atomic E-state index is 5.30. The Bertz CT molecular complexity index is 175. The maximum Gasteiger partial charge on any atom is 0.0628 e. The fourth-order valence-electron chi connectivity index (χ4n) is 2.93. The number of ether oxygens (including phenoxy) is 1. The van der Waals surface area contributed by atoms with Gasteiger partial charge in [-0.15, -0.1) is 0 Å². The van der Waals surface area contributed by atoms with Gasteiger partial charge in [0.05, 0.1) is 6.61 Å². The van der Waals surface area contributed by atoms with Crippen molar-refractivity contribution in [1.29, 1.82) is 0 Å². The first-order valence-corrected chi connectivity index (χ1v) is 7.28. The van der Waals surface area contributed by atoms with Gasteiger partial charge < -0.3 is 10.1 Å². The van der Waals surface area contributed by atoms with Crippen LogP contribution in [-0.2, 0) is 4.74 Å². The van der Waals surface area contributed by atoms with Crippen LogP contribution in [0.4, 0.5) is 0 Å². The molecule has 0 aromatic rings. The molecule has 17 heavy (non-hydrogen) atoms. The van der Waals surface area contributed by atoms with E-state index in [1.54, 1.807) is 7.11 Å². The first-order valence-electron chi connectivity index (χ1n) is 7.28. The molecular weight excluding hydrogens is 212 g/mol. The second-order valence-corrected chi connectivity index (χ2v) is 5.09. The van der Waals surface area contributed by atoms with Gasteiger partial charge in [-0.3, -0.25) is 4.90 Å². The summed E-state index contributed by atoms with van der Waals surface area (Å²) in [5.41, 5.74) is 0. The van der Waals surface area contributed by atoms with Crippen molar-refractivity contribution >= 4 is 0 Å². The van der Waals surface area contributed by atoms with E-state index in [9.17, 15) is 0 Å². The molecule has 0 aromatic heterocycles. The van der Waals surface area contributed by atoms with Crippen LogP contribution >= 0.6 is 0 Å². The Labute approximate surface area is 107 Å². The molecule has 0 heterocycles. The molecule has 3 heteroatoms. The highest BCUT2D eigenvalue weighted by Gasteiger charge is 2.22. The molecule has 3 nitrogen and oxygen atoms in total. The third kappa shape index (κ3) is 5.36. The number of likely N-dealkylation sites (N-methyl/N-ethyl adjacent to an activating group) is 2. The highest BCUT2D eigenvalue weighted by molar-refractivity contribution is 4.79. The molecule has 0 saturated heterocycles. The van der Waals surface area contributed by atoms with Gasteiger partial charge in [0, 0.05) is 25.7 Å². The summed E-state index contributed by atoms with van der Waals surface area (Å²) in [5.74, 6) is 0. The molecule has 1 aliphatic rings. The number of hydrogen-bond acceptors (Lipinski definition) is 3. The second kappa shape index (κ2) is 8.90. The van der Waals surface area contributed by atoms with Crippen molar-refractivity contribution in [2.75, 3.05) is 33.4 Å². The van der Waals surface area contributed by atoms with Crippen LogP contribution < -0.4 is 5.32 Å². The van der Waals surface area contributed by atoms with Gasteiger partial charge in [-0.25, -0.2) is 0 Å². The quantitative estimate of drug-likeness (QED) is 0.706. The van der Waals surface area contributed by atoms with Crippen molar-refractivity contribution in [3.05, 3.63) is 0 Å². The van der Waals surface area contributed by atoms with Crippen LogP contribution in [0.1, 0.15) is 46.0 Å². The number of hydrogen-bond donors (Lipinski definition) is 1. The van der Waals surface area contributed by atoms with Gasteiger partial charge >= 0.3 is 0 Å². The zero-order chi connectivity index (χ0) is 12.5. The molecule has 1 fully saturated rings. The van der Waals surface area contributed by atoms with E-state index < -0.39 is 0 Å². The van der Waals surface area contributed by atoms with Crippen LogP contribution in [-0.4, -0.2) is 50.3 Å². The lowest BCUT2D eigenvalue weighted by Crippen LogP contribution is -2.47. The van der Waals surface area contributed by atoms with Crippen molar-refractivity contribution in [2.24, 2.45) is 0 Å². The standard InChI is InChI=1S/C14H30N2O/c1-4-15-13(12-17-3)11-16(5-2)14-9-7-6-8-10-14/h13-15H,4-12H2,1-3H3. The third-order valence-electron chi connectivity index (χ3n) is 3.81. The first kappa shape index (κ1) is 14.9. The van der Waals surface area contributed by atoms with Gasteiger partial charge in [0.1, 0.15) is 0 Å². The third-order valence-corrected chi connectivity index (χ3v) is 3.81. The predicted molar refractivity (Wildman–Crippen MR) is 73.5 cm³/mol. The van der Waals surface area contributed by atoms with Crippen molar-refractivity contribution in [2.45, 2.75) is 58.0 Å². The molecular formula is C14H30N2O.